The van der Waals surface area contributed by atoms with Crippen LogP contribution in [0.3, 0.4) is 0 Å². The maximum Gasteiger partial charge on any atom is 0.338 e. The third-order valence-corrected chi connectivity index (χ3v) is 3.94. The van der Waals surface area contributed by atoms with Gasteiger partial charge in [0, 0.05) is 6.92 Å². The van der Waals surface area contributed by atoms with E-state index >= 15 is 0 Å². The summed E-state index contributed by atoms with van der Waals surface area (Å²) in [6.45, 7) is 0.830. The van der Waals surface area contributed by atoms with Crippen molar-refractivity contribution < 1.29 is 49.4 Å². The van der Waals surface area contributed by atoms with Crippen molar-refractivity contribution in [1.82, 2.24) is 5.32 Å². The van der Waals surface area contributed by atoms with Crippen molar-refractivity contribution in [3.63, 3.8) is 0 Å². The van der Waals surface area contributed by atoms with Crippen molar-refractivity contribution in [1.29, 1.82) is 0 Å². The van der Waals surface area contributed by atoms with Gasteiger partial charge in [0.2, 0.25) is 5.91 Å². The van der Waals surface area contributed by atoms with E-state index in [-0.39, 0.29) is 0 Å². The highest BCUT2D eigenvalue weighted by Crippen LogP contribution is 2.28. The van der Waals surface area contributed by atoms with Crippen LogP contribution in [0.2, 0.25) is 0 Å². The molecule has 0 aromatic rings. The van der Waals surface area contributed by atoms with Crippen LogP contribution in [-0.2, 0) is 23.9 Å². The summed E-state index contributed by atoms with van der Waals surface area (Å²) >= 11 is 0. The topological polar surface area (TPSA) is 201 Å². The largest absolute Gasteiger partial charge is 0.479 e. The molecule has 1 rings (SSSR count). The molecule has 1 saturated heterocycles. The highest BCUT2D eigenvalue weighted by molar-refractivity contribution is 5.78. The Labute approximate surface area is 143 Å². The SMILES string of the molecule is CC(=O)N[C@@H]1[C@@H](O[C@](C)(C(=O)O)[C@@H](O)CON)[C@H](O)[C@@H](CO)O[C@@H]1O. The average molecular weight is 368 g/mol. The number of nitrogens with one attached hydrogen (secondary N) is 1. The van der Waals surface area contributed by atoms with Crippen LogP contribution in [0.4, 0.5) is 0 Å². The third kappa shape index (κ3) is 4.83. The number of rotatable bonds is 8. The molecule has 0 radical (unpaired) electrons. The molecule has 0 aliphatic carbocycles. The van der Waals surface area contributed by atoms with E-state index in [1.165, 1.54) is 0 Å². The summed E-state index contributed by atoms with van der Waals surface area (Å²) in [6, 6.07) is -1.36. The second-order valence-electron chi connectivity index (χ2n) is 5.81. The smallest absolute Gasteiger partial charge is 0.338 e. The summed E-state index contributed by atoms with van der Waals surface area (Å²) in [5.41, 5.74) is -2.31. The Morgan fingerprint density at radius 2 is 2.00 bits per heavy atom. The molecule has 12 nitrogen and oxygen atoms in total. The van der Waals surface area contributed by atoms with Crippen molar-refractivity contribution in [2.75, 3.05) is 13.2 Å². The predicted octanol–water partition coefficient (Wildman–Crippen LogP) is -3.96. The molecule has 0 aromatic heterocycles. The Morgan fingerprint density at radius 1 is 1.40 bits per heavy atom. The van der Waals surface area contributed by atoms with Crippen LogP contribution in [0.1, 0.15) is 13.8 Å². The van der Waals surface area contributed by atoms with Crippen molar-refractivity contribution in [3.8, 4) is 0 Å². The number of amides is 1. The Balaban J connectivity index is 3.18. The van der Waals surface area contributed by atoms with Crippen LogP contribution >= 0.6 is 0 Å². The van der Waals surface area contributed by atoms with E-state index < -0.39 is 67.4 Å². The molecule has 12 heteroatoms. The second-order valence-corrected chi connectivity index (χ2v) is 5.81. The lowest BCUT2D eigenvalue weighted by Crippen LogP contribution is -2.68. The lowest BCUT2D eigenvalue weighted by molar-refractivity contribution is -0.286. The summed E-state index contributed by atoms with van der Waals surface area (Å²) in [6.07, 6.45) is -7.89. The van der Waals surface area contributed by atoms with E-state index in [1.54, 1.807) is 0 Å². The fourth-order valence-corrected chi connectivity index (χ4v) is 2.42. The van der Waals surface area contributed by atoms with E-state index in [0.29, 0.717) is 0 Å². The van der Waals surface area contributed by atoms with Crippen molar-refractivity contribution in [2.24, 2.45) is 5.90 Å². The quantitative estimate of drug-likeness (QED) is 0.206. The number of carboxylic acid groups (broad SMARTS) is 1. The Bertz CT molecular complexity index is 478. The molecule has 0 saturated carbocycles. The first-order valence-electron chi connectivity index (χ1n) is 7.39. The number of aliphatic hydroxyl groups is 4. The monoisotopic (exact) mass is 368 g/mol. The summed E-state index contributed by atoms with van der Waals surface area (Å²) in [7, 11) is 0. The van der Waals surface area contributed by atoms with E-state index in [9.17, 15) is 35.1 Å². The number of carboxylic acids is 1. The van der Waals surface area contributed by atoms with Gasteiger partial charge in [0.05, 0.1) is 13.2 Å². The zero-order chi connectivity index (χ0) is 19.4. The van der Waals surface area contributed by atoms with Crippen LogP contribution in [0.5, 0.6) is 0 Å². The number of carbonyl (C=O) groups is 2. The molecule has 8 N–H and O–H groups in total. The summed E-state index contributed by atoms with van der Waals surface area (Å²) in [4.78, 5) is 27.1. The number of hydrogen-bond donors (Lipinski definition) is 7. The second kappa shape index (κ2) is 8.82. The number of nitrogens with two attached hydrogens (primary N) is 1. The molecule has 7 atom stereocenters. The fourth-order valence-electron chi connectivity index (χ4n) is 2.42. The van der Waals surface area contributed by atoms with Gasteiger partial charge >= 0.3 is 5.97 Å². The number of aliphatic hydroxyl groups excluding tert-OH is 4. The first-order valence-corrected chi connectivity index (χ1v) is 7.39. The number of carbonyl (C=O) groups excluding carboxylic acids is 1. The molecule has 0 spiro atoms. The fraction of sp³-hybridized carbons (Fsp3) is 0.846. The minimum absolute atomic E-state index is 0.598. The summed E-state index contributed by atoms with van der Waals surface area (Å²) < 4.78 is 10.4. The van der Waals surface area contributed by atoms with Gasteiger partial charge in [-0.05, 0) is 6.92 Å². The minimum atomic E-state index is -2.31. The predicted molar refractivity (Wildman–Crippen MR) is 78.6 cm³/mol. The standard InChI is InChI=1S/C13H24N2O10/c1-5(17)15-8-10(9(19)6(3-16)24-11(8)20)25-13(2,12(21)22)7(18)4-23-14/h6-11,16,18-20H,3-4,14H2,1-2H3,(H,15,17)(H,21,22)/t6-,7+,8-,9-,10-,11+,13+/m1/s1. The maximum absolute atomic E-state index is 11.6. The van der Waals surface area contributed by atoms with E-state index in [1.807, 2.05) is 0 Å². The molecule has 0 unspecified atom stereocenters. The van der Waals surface area contributed by atoms with Crippen LogP contribution in [-0.4, -0.2) is 93.0 Å². The summed E-state index contributed by atoms with van der Waals surface area (Å²) in [5, 5.41) is 51.2. The zero-order valence-electron chi connectivity index (χ0n) is 13.7. The highest BCUT2D eigenvalue weighted by Gasteiger charge is 2.52. The Kier molecular flexibility index (Phi) is 7.64. The zero-order valence-corrected chi connectivity index (χ0v) is 13.7. The van der Waals surface area contributed by atoms with E-state index in [4.69, 9.17) is 15.4 Å². The molecule has 1 fully saturated rings. The van der Waals surface area contributed by atoms with E-state index in [0.717, 1.165) is 13.8 Å². The molecule has 146 valence electrons. The van der Waals surface area contributed by atoms with Crippen LogP contribution in [0.25, 0.3) is 0 Å². The Morgan fingerprint density at radius 3 is 2.44 bits per heavy atom. The van der Waals surface area contributed by atoms with Crippen LogP contribution in [0.15, 0.2) is 0 Å². The molecule has 0 aromatic carbocycles. The molecule has 1 aliphatic heterocycles. The van der Waals surface area contributed by atoms with Gasteiger partial charge in [-0.3, -0.25) is 4.79 Å². The summed E-state index contributed by atoms with van der Waals surface area (Å²) in [5.74, 6) is 2.62. The third-order valence-electron chi connectivity index (χ3n) is 3.94. The van der Waals surface area contributed by atoms with Crippen molar-refractivity contribution >= 4 is 11.9 Å². The van der Waals surface area contributed by atoms with Gasteiger partial charge in [-0.2, -0.15) is 0 Å². The molecule has 1 amide bonds. The van der Waals surface area contributed by atoms with Gasteiger partial charge in [-0.25, -0.2) is 10.7 Å². The molecule has 1 aliphatic rings. The van der Waals surface area contributed by atoms with Gasteiger partial charge in [-0.15, -0.1) is 0 Å². The number of hydrogen-bond acceptors (Lipinski definition) is 10. The van der Waals surface area contributed by atoms with Crippen molar-refractivity contribution in [2.45, 2.75) is 56.2 Å². The Hall–Kier alpha value is -1.38. The van der Waals surface area contributed by atoms with Crippen LogP contribution in [0, 0.1) is 0 Å². The first kappa shape index (κ1) is 21.7. The molecule has 0 bridgehead atoms. The lowest BCUT2D eigenvalue weighted by atomic mass is 9.93. The van der Waals surface area contributed by atoms with E-state index in [2.05, 4.69) is 10.2 Å². The molecular weight excluding hydrogens is 344 g/mol. The number of ether oxygens (including phenoxy) is 2. The van der Waals surface area contributed by atoms with Gasteiger partial charge in [0.1, 0.15) is 30.5 Å². The minimum Gasteiger partial charge on any atom is -0.479 e. The normalized spacial score (nSPS) is 33.3. The van der Waals surface area contributed by atoms with Gasteiger partial charge in [0.25, 0.3) is 0 Å². The highest BCUT2D eigenvalue weighted by atomic mass is 16.6. The van der Waals surface area contributed by atoms with Gasteiger partial charge in [-0.1, -0.05) is 0 Å². The molecular formula is C13H24N2O10. The van der Waals surface area contributed by atoms with Gasteiger partial charge in [0.15, 0.2) is 11.9 Å². The molecule has 1 heterocycles. The van der Waals surface area contributed by atoms with Gasteiger partial charge < -0.3 is 45.2 Å². The lowest BCUT2D eigenvalue weighted by Gasteiger charge is -2.45. The molecule has 25 heavy (non-hydrogen) atoms. The first-order chi connectivity index (χ1) is 11.6. The average Bonchev–Trinajstić information content (AvgIpc) is 2.53. The number of aliphatic carboxylic acids is 1. The van der Waals surface area contributed by atoms with Crippen LogP contribution < -0.4 is 11.2 Å². The maximum atomic E-state index is 11.6. The van der Waals surface area contributed by atoms with Crippen molar-refractivity contribution in [3.05, 3.63) is 0 Å².